The van der Waals surface area contributed by atoms with Crippen LogP contribution in [0.2, 0.25) is 0 Å². The van der Waals surface area contributed by atoms with Gasteiger partial charge in [-0.15, -0.1) is 0 Å². The number of aromatic amines is 1. The number of H-pyrrole nitrogens is 1. The molecule has 2 aromatic carbocycles. The molecule has 0 atom stereocenters. The van der Waals surface area contributed by atoms with Crippen LogP contribution in [0.1, 0.15) is 33.8 Å². The summed E-state index contributed by atoms with van der Waals surface area (Å²) in [5.74, 6) is 0.839. The van der Waals surface area contributed by atoms with Crippen molar-refractivity contribution in [1.82, 2.24) is 20.1 Å². The fourth-order valence-corrected chi connectivity index (χ4v) is 4.08. The number of benzene rings is 2. The third kappa shape index (κ3) is 5.36. The van der Waals surface area contributed by atoms with Gasteiger partial charge >= 0.3 is 12.4 Å². The summed E-state index contributed by atoms with van der Waals surface area (Å²) in [5, 5.41) is 9.58. The number of alkyl halides is 6. The molecule has 0 saturated heterocycles. The molecule has 7 nitrogen and oxygen atoms in total. The van der Waals surface area contributed by atoms with Crippen molar-refractivity contribution in [2.45, 2.75) is 32.0 Å². The van der Waals surface area contributed by atoms with Crippen molar-refractivity contribution in [3.63, 3.8) is 0 Å². The van der Waals surface area contributed by atoms with E-state index < -0.39 is 29.0 Å². The highest BCUT2D eigenvalue weighted by atomic mass is 19.4. The van der Waals surface area contributed by atoms with Crippen LogP contribution < -0.4 is 4.90 Å². The summed E-state index contributed by atoms with van der Waals surface area (Å²) in [6.07, 6.45) is -8.37. The standard InChI is InChI=1S/C25H20F6N6O/c1-36(12-15-5-3-2-4-6-15)23-33-21-11-32-37(14-22(21)34-23)13-17-10-20(35-38-17)18-8-7-16(24(26,27)28)9-19(18)25(29,30)31/h2-11H,12-14H2,1H3,(H,33,34). The Hall–Kier alpha value is -4.29. The summed E-state index contributed by atoms with van der Waals surface area (Å²) in [6, 6.07) is 12.5. The molecule has 1 aliphatic rings. The van der Waals surface area contributed by atoms with Crippen LogP contribution >= 0.6 is 0 Å². The van der Waals surface area contributed by atoms with Crippen LogP contribution in [-0.4, -0.2) is 33.4 Å². The molecule has 2 aromatic heterocycles. The van der Waals surface area contributed by atoms with Gasteiger partial charge in [-0.05, 0) is 17.7 Å². The highest BCUT2D eigenvalue weighted by Crippen LogP contribution is 2.40. The van der Waals surface area contributed by atoms with Gasteiger partial charge < -0.3 is 14.4 Å². The first-order valence-electron chi connectivity index (χ1n) is 11.3. The molecule has 0 bridgehead atoms. The van der Waals surface area contributed by atoms with Gasteiger partial charge in [-0.1, -0.05) is 41.6 Å². The van der Waals surface area contributed by atoms with Gasteiger partial charge in [0.15, 0.2) is 5.76 Å². The van der Waals surface area contributed by atoms with Crippen LogP contribution in [-0.2, 0) is 32.0 Å². The maximum Gasteiger partial charge on any atom is 0.417 e. The van der Waals surface area contributed by atoms with Crippen molar-refractivity contribution in [2.75, 3.05) is 11.9 Å². The second-order valence-electron chi connectivity index (χ2n) is 8.77. The number of anilines is 1. The van der Waals surface area contributed by atoms with Crippen LogP contribution in [0.4, 0.5) is 32.3 Å². The van der Waals surface area contributed by atoms with E-state index in [1.165, 1.54) is 6.07 Å². The Kier molecular flexibility index (Phi) is 6.37. The molecule has 0 unspecified atom stereocenters. The lowest BCUT2D eigenvalue weighted by Crippen LogP contribution is -2.21. The fraction of sp³-hybridized carbons (Fsp3) is 0.240. The van der Waals surface area contributed by atoms with E-state index in [0.29, 0.717) is 30.8 Å². The van der Waals surface area contributed by atoms with Gasteiger partial charge in [0.2, 0.25) is 5.95 Å². The van der Waals surface area contributed by atoms with E-state index in [-0.39, 0.29) is 24.1 Å². The van der Waals surface area contributed by atoms with Gasteiger partial charge in [0, 0.05) is 25.2 Å². The molecule has 0 amide bonds. The lowest BCUT2D eigenvalue weighted by atomic mass is 10.0. The van der Waals surface area contributed by atoms with E-state index in [1.54, 1.807) is 11.2 Å². The smallest absolute Gasteiger partial charge is 0.359 e. The van der Waals surface area contributed by atoms with E-state index in [4.69, 9.17) is 4.52 Å². The van der Waals surface area contributed by atoms with Crippen molar-refractivity contribution in [1.29, 1.82) is 0 Å². The Morgan fingerprint density at radius 1 is 1.00 bits per heavy atom. The van der Waals surface area contributed by atoms with Crippen molar-refractivity contribution < 1.29 is 30.9 Å². The molecule has 198 valence electrons. The van der Waals surface area contributed by atoms with Crippen LogP contribution in [0.3, 0.4) is 0 Å². The molecule has 5 rings (SSSR count). The van der Waals surface area contributed by atoms with E-state index in [0.717, 1.165) is 17.3 Å². The number of imidazole rings is 1. The zero-order chi connectivity index (χ0) is 27.1. The van der Waals surface area contributed by atoms with E-state index >= 15 is 0 Å². The number of nitrogens with one attached hydrogen (secondary N) is 1. The summed E-state index contributed by atoms with van der Waals surface area (Å²) >= 11 is 0. The Labute approximate surface area is 212 Å². The first-order chi connectivity index (χ1) is 18.0. The zero-order valence-electron chi connectivity index (χ0n) is 19.8. The zero-order valence-corrected chi connectivity index (χ0v) is 19.8. The minimum atomic E-state index is -5.02. The summed E-state index contributed by atoms with van der Waals surface area (Å²) in [7, 11) is 1.90. The molecule has 1 N–H and O–H groups in total. The fourth-order valence-electron chi connectivity index (χ4n) is 4.08. The van der Waals surface area contributed by atoms with E-state index in [9.17, 15) is 26.3 Å². The molecular formula is C25H20F6N6O. The molecule has 13 heteroatoms. The van der Waals surface area contributed by atoms with Crippen LogP contribution in [0, 0.1) is 0 Å². The number of hydrazone groups is 1. The Morgan fingerprint density at radius 3 is 2.47 bits per heavy atom. The van der Waals surface area contributed by atoms with Gasteiger partial charge in [-0.25, -0.2) is 4.98 Å². The number of aromatic nitrogens is 3. The van der Waals surface area contributed by atoms with Gasteiger partial charge in [-0.2, -0.15) is 31.4 Å². The molecule has 1 aliphatic heterocycles. The van der Waals surface area contributed by atoms with Gasteiger partial charge in [-0.3, -0.25) is 5.01 Å². The molecule has 4 aromatic rings. The summed E-state index contributed by atoms with van der Waals surface area (Å²) < 4.78 is 84.7. The topological polar surface area (TPSA) is 73.6 Å². The number of nitrogens with zero attached hydrogens (tertiary/aromatic N) is 5. The van der Waals surface area contributed by atoms with Gasteiger partial charge in [0.25, 0.3) is 0 Å². The minimum absolute atomic E-state index is 0.0686. The molecule has 3 heterocycles. The number of fused-ring (bicyclic) bond motifs is 1. The molecule has 0 saturated carbocycles. The number of hydrogen-bond acceptors (Lipinski definition) is 6. The highest BCUT2D eigenvalue weighted by Gasteiger charge is 2.39. The predicted molar refractivity (Wildman–Crippen MR) is 126 cm³/mol. The van der Waals surface area contributed by atoms with Gasteiger partial charge in [0.1, 0.15) is 11.4 Å². The van der Waals surface area contributed by atoms with Crippen molar-refractivity contribution >= 4 is 12.2 Å². The molecular weight excluding hydrogens is 514 g/mol. The minimum Gasteiger partial charge on any atom is -0.359 e. The third-order valence-corrected chi connectivity index (χ3v) is 5.93. The maximum atomic E-state index is 13.5. The maximum absolute atomic E-state index is 13.5. The average molecular weight is 534 g/mol. The SMILES string of the molecule is CN(Cc1ccccc1)c1nc2c([nH]1)CN(Cc1cc(-c3ccc(C(F)(F)F)cc3C(F)(F)F)no1)N=C2. The Balaban J connectivity index is 1.30. The molecule has 0 aliphatic carbocycles. The Morgan fingerprint density at radius 2 is 1.76 bits per heavy atom. The van der Waals surface area contributed by atoms with E-state index in [1.807, 2.05) is 42.3 Å². The predicted octanol–water partition coefficient (Wildman–Crippen LogP) is 6.09. The lowest BCUT2D eigenvalue weighted by Gasteiger charge is -2.19. The largest absolute Gasteiger partial charge is 0.417 e. The molecule has 0 radical (unpaired) electrons. The summed E-state index contributed by atoms with van der Waals surface area (Å²) in [4.78, 5) is 9.78. The first kappa shape index (κ1) is 25.4. The second-order valence-corrected chi connectivity index (χ2v) is 8.77. The highest BCUT2D eigenvalue weighted by molar-refractivity contribution is 5.80. The van der Waals surface area contributed by atoms with Gasteiger partial charge in [0.05, 0.1) is 36.1 Å². The molecule has 0 spiro atoms. The number of halogens is 6. The monoisotopic (exact) mass is 534 g/mol. The van der Waals surface area contributed by atoms with E-state index in [2.05, 4.69) is 20.2 Å². The summed E-state index contributed by atoms with van der Waals surface area (Å²) in [6.45, 7) is 1.03. The number of rotatable bonds is 6. The van der Waals surface area contributed by atoms with Crippen LogP contribution in [0.25, 0.3) is 11.3 Å². The van der Waals surface area contributed by atoms with Crippen molar-refractivity contribution in [2.24, 2.45) is 5.10 Å². The van der Waals surface area contributed by atoms with Crippen LogP contribution in [0.5, 0.6) is 0 Å². The normalized spacial score (nSPS) is 13.6. The summed E-state index contributed by atoms with van der Waals surface area (Å²) in [5.41, 5.74) is -1.02. The molecule has 38 heavy (non-hydrogen) atoms. The van der Waals surface area contributed by atoms with Crippen LogP contribution in [0.15, 0.2) is 64.2 Å². The first-order valence-corrected chi connectivity index (χ1v) is 11.3. The van der Waals surface area contributed by atoms with Crippen molar-refractivity contribution in [3.8, 4) is 11.3 Å². The quantitative estimate of drug-likeness (QED) is 0.303. The third-order valence-electron chi connectivity index (χ3n) is 5.93. The average Bonchev–Trinajstić information content (AvgIpc) is 3.50. The Bertz CT molecular complexity index is 1460. The number of hydrogen-bond donors (Lipinski definition) is 1. The lowest BCUT2D eigenvalue weighted by molar-refractivity contribution is -0.142. The molecule has 0 fully saturated rings. The second kappa shape index (κ2) is 9.54. The van der Waals surface area contributed by atoms with Crippen molar-refractivity contribution in [3.05, 3.63) is 88.4 Å².